The Labute approximate surface area is 186 Å². The van der Waals surface area contributed by atoms with E-state index in [-0.39, 0.29) is 5.28 Å². The number of ether oxygens (including phenoxy) is 1. The highest BCUT2D eigenvalue weighted by Gasteiger charge is 2.24. The first-order valence-corrected chi connectivity index (χ1v) is 10.7. The van der Waals surface area contributed by atoms with Gasteiger partial charge in [0.2, 0.25) is 5.28 Å². The first kappa shape index (κ1) is 21.3. The number of hydrogen-bond donors (Lipinski definition) is 2. The topological polar surface area (TPSA) is 59.3 Å². The highest BCUT2D eigenvalue weighted by Crippen LogP contribution is 2.36. The average Bonchev–Trinajstić information content (AvgIpc) is 2.99. The maximum absolute atomic E-state index is 11.0. The standard InChI is InChI=1S/C20H20Br2ClN3O2/c1-24-11-4-12-28-14-9-7-13(8-10-14)18(27)17-19(22)25-20(23)26(17)16-6-3-2-5-15(16)21/h2-3,5-10,18,24,27H,4,11-12H2,1H3. The Morgan fingerprint density at radius 1 is 1.18 bits per heavy atom. The molecule has 8 heteroatoms. The summed E-state index contributed by atoms with van der Waals surface area (Å²) in [5.74, 6) is 0.767. The number of aliphatic hydroxyl groups excluding tert-OH is 1. The molecule has 0 aliphatic rings. The average molecular weight is 530 g/mol. The van der Waals surface area contributed by atoms with E-state index in [0.717, 1.165) is 28.9 Å². The molecule has 0 spiro atoms. The van der Waals surface area contributed by atoms with Gasteiger partial charge in [-0.1, -0.05) is 24.3 Å². The number of nitrogens with one attached hydrogen (secondary N) is 1. The molecule has 2 N–H and O–H groups in total. The van der Waals surface area contributed by atoms with Crippen molar-refractivity contribution in [2.24, 2.45) is 0 Å². The van der Waals surface area contributed by atoms with Crippen LogP contribution >= 0.6 is 43.5 Å². The number of hydrogen-bond acceptors (Lipinski definition) is 4. The normalized spacial score (nSPS) is 12.2. The fourth-order valence-electron chi connectivity index (χ4n) is 2.82. The molecule has 5 nitrogen and oxygen atoms in total. The van der Waals surface area contributed by atoms with Crippen molar-refractivity contribution in [3.63, 3.8) is 0 Å². The number of benzene rings is 2. The molecule has 2 aromatic carbocycles. The number of aliphatic hydroxyl groups is 1. The van der Waals surface area contributed by atoms with Gasteiger partial charge in [0, 0.05) is 4.47 Å². The van der Waals surface area contributed by atoms with Gasteiger partial charge < -0.3 is 15.2 Å². The lowest BCUT2D eigenvalue weighted by atomic mass is 10.1. The molecule has 0 aliphatic heterocycles. The molecule has 0 fully saturated rings. The Morgan fingerprint density at radius 2 is 1.89 bits per heavy atom. The number of para-hydroxylation sites is 1. The molecule has 3 aromatic rings. The van der Waals surface area contributed by atoms with Crippen LogP contribution in [0.5, 0.6) is 5.75 Å². The van der Waals surface area contributed by atoms with Gasteiger partial charge in [-0.2, -0.15) is 0 Å². The molecule has 28 heavy (non-hydrogen) atoms. The Kier molecular flexibility index (Phi) is 7.54. The molecule has 0 saturated carbocycles. The zero-order chi connectivity index (χ0) is 20.1. The van der Waals surface area contributed by atoms with Gasteiger partial charge in [0.1, 0.15) is 16.5 Å². The van der Waals surface area contributed by atoms with Crippen LogP contribution in [0.15, 0.2) is 57.6 Å². The van der Waals surface area contributed by atoms with Gasteiger partial charge in [0.25, 0.3) is 0 Å². The molecule has 1 unspecified atom stereocenters. The van der Waals surface area contributed by atoms with Crippen LogP contribution < -0.4 is 10.1 Å². The minimum atomic E-state index is -0.917. The number of imidazole rings is 1. The predicted molar refractivity (Wildman–Crippen MR) is 119 cm³/mol. The lowest BCUT2D eigenvalue weighted by Gasteiger charge is -2.17. The fourth-order valence-corrected chi connectivity index (χ4v) is 4.21. The first-order chi connectivity index (χ1) is 13.5. The maximum atomic E-state index is 11.0. The SMILES string of the molecule is CNCCCOc1ccc(C(O)c2c(Br)nc(Cl)n2-c2ccccc2Br)cc1. The van der Waals surface area contributed by atoms with E-state index in [1.54, 1.807) is 4.57 Å². The third-order valence-corrected chi connectivity index (χ3v) is 5.72. The van der Waals surface area contributed by atoms with Crippen molar-refractivity contribution in [2.75, 3.05) is 20.2 Å². The van der Waals surface area contributed by atoms with Crippen molar-refractivity contribution < 1.29 is 9.84 Å². The summed E-state index contributed by atoms with van der Waals surface area (Å²) in [4.78, 5) is 4.28. The summed E-state index contributed by atoms with van der Waals surface area (Å²) in [5, 5.41) is 14.4. The molecular formula is C20H20Br2ClN3O2. The summed E-state index contributed by atoms with van der Waals surface area (Å²) in [6.07, 6.45) is 0.0112. The smallest absolute Gasteiger partial charge is 0.208 e. The van der Waals surface area contributed by atoms with E-state index >= 15 is 0 Å². The second kappa shape index (κ2) is 9.89. The van der Waals surface area contributed by atoms with Crippen LogP contribution in [0.1, 0.15) is 23.8 Å². The largest absolute Gasteiger partial charge is 0.494 e. The Hall–Kier alpha value is -1.38. The first-order valence-electron chi connectivity index (χ1n) is 8.77. The monoisotopic (exact) mass is 527 g/mol. The zero-order valence-corrected chi connectivity index (χ0v) is 19.1. The van der Waals surface area contributed by atoms with E-state index in [2.05, 4.69) is 42.2 Å². The second-order valence-electron chi connectivity index (χ2n) is 6.12. The molecular weight excluding hydrogens is 510 g/mol. The molecule has 1 heterocycles. The van der Waals surface area contributed by atoms with Gasteiger partial charge in [-0.15, -0.1) is 0 Å². The van der Waals surface area contributed by atoms with E-state index in [0.29, 0.717) is 22.5 Å². The van der Waals surface area contributed by atoms with Gasteiger partial charge in [0.05, 0.1) is 18.0 Å². The Morgan fingerprint density at radius 3 is 2.57 bits per heavy atom. The zero-order valence-electron chi connectivity index (χ0n) is 15.2. The summed E-state index contributed by atoms with van der Waals surface area (Å²) in [6, 6.07) is 15.0. The summed E-state index contributed by atoms with van der Waals surface area (Å²) >= 11 is 13.3. The third-order valence-electron chi connectivity index (χ3n) is 4.22. The summed E-state index contributed by atoms with van der Waals surface area (Å²) < 4.78 is 8.78. The number of nitrogens with zero attached hydrogens (tertiary/aromatic N) is 2. The molecule has 0 radical (unpaired) electrons. The fraction of sp³-hybridized carbons (Fsp3) is 0.250. The van der Waals surface area contributed by atoms with Crippen molar-refractivity contribution in [2.45, 2.75) is 12.5 Å². The molecule has 3 rings (SSSR count). The summed E-state index contributed by atoms with van der Waals surface area (Å²) in [7, 11) is 1.92. The van der Waals surface area contributed by atoms with Crippen LogP contribution in [0.25, 0.3) is 5.69 Å². The lowest BCUT2D eigenvalue weighted by molar-refractivity contribution is 0.212. The summed E-state index contributed by atoms with van der Waals surface area (Å²) in [5.41, 5.74) is 2.07. The Bertz CT molecular complexity index is 932. The Balaban J connectivity index is 1.87. The van der Waals surface area contributed by atoms with Gasteiger partial charge in [0.15, 0.2) is 0 Å². The van der Waals surface area contributed by atoms with Crippen LogP contribution in [0, 0.1) is 0 Å². The molecule has 148 valence electrons. The molecule has 0 aliphatic carbocycles. The minimum Gasteiger partial charge on any atom is -0.494 e. The predicted octanol–water partition coefficient (Wildman–Crippen LogP) is 5.12. The van der Waals surface area contributed by atoms with Crippen LogP contribution in [0.3, 0.4) is 0 Å². The maximum Gasteiger partial charge on any atom is 0.208 e. The van der Waals surface area contributed by atoms with Crippen LogP contribution in [0.4, 0.5) is 0 Å². The van der Waals surface area contributed by atoms with Crippen LogP contribution in [-0.4, -0.2) is 34.9 Å². The molecule has 1 aromatic heterocycles. The van der Waals surface area contributed by atoms with Gasteiger partial charge >= 0.3 is 0 Å². The van der Waals surface area contributed by atoms with Crippen molar-refractivity contribution >= 4 is 43.5 Å². The van der Waals surface area contributed by atoms with Gasteiger partial charge in [-0.05, 0) is 93.3 Å². The van der Waals surface area contributed by atoms with Crippen molar-refractivity contribution in [1.82, 2.24) is 14.9 Å². The van der Waals surface area contributed by atoms with E-state index in [9.17, 15) is 5.11 Å². The number of aromatic nitrogens is 2. The van der Waals surface area contributed by atoms with E-state index < -0.39 is 6.10 Å². The van der Waals surface area contributed by atoms with Gasteiger partial charge in [-0.25, -0.2) is 4.98 Å². The second-order valence-corrected chi connectivity index (χ2v) is 8.06. The highest BCUT2D eigenvalue weighted by molar-refractivity contribution is 9.10. The minimum absolute atomic E-state index is 0.261. The number of halogens is 3. The third kappa shape index (κ3) is 4.78. The van der Waals surface area contributed by atoms with E-state index in [4.69, 9.17) is 16.3 Å². The van der Waals surface area contributed by atoms with Crippen molar-refractivity contribution in [3.05, 3.63) is 74.1 Å². The van der Waals surface area contributed by atoms with Gasteiger partial charge in [-0.3, -0.25) is 4.57 Å². The quantitative estimate of drug-likeness (QED) is 0.398. The lowest BCUT2D eigenvalue weighted by Crippen LogP contribution is -2.11. The van der Waals surface area contributed by atoms with Crippen LogP contribution in [-0.2, 0) is 0 Å². The molecule has 0 amide bonds. The highest BCUT2D eigenvalue weighted by atomic mass is 79.9. The molecule has 1 atom stereocenters. The molecule has 0 bridgehead atoms. The van der Waals surface area contributed by atoms with E-state index in [1.165, 1.54) is 0 Å². The van der Waals surface area contributed by atoms with Crippen molar-refractivity contribution in [1.29, 1.82) is 0 Å². The number of rotatable bonds is 8. The van der Waals surface area contributed by atoms with Crippen molar-refractivity contribution in [3.8, 4) is 11.4 Å². The van der Waals surface area contributed by atoms with Crippen LogP contribution in [0.2, 0.25) is 5.28 Å². The van der Waals surface area contributed by atoms with E-state index in [1.807, 2.05) is 55.6 Å². The molecule has 0 saturated heterocycles. The summed E-state index contributed by atoms with van der Waals surface area (Å²) in [6.45, 7) is 1.54.